The molecular weight excluding hydrogens is 269 g/mol. The lowest BCUT2D eigenvalue weighted by Crippen LogP contribution is -2.41. The Balaban J connectivity index is 2.09. The summed E-state index contributed by atoms with van der Waals surface area (Å²) in [4.78, 5) is 12.0. The van der Waals surface area contributed by atoms with Gasteiger partial charge in [0.05, 0.1) is 11.2 Å². The molecule has 1 aliphatic heterocycles. The third kappa shape index (κ3) is 3.22. The molecule has 21 heavy (non-hydrogen) atoms. The molecular formula is C15H22BNO4. The third-order valence-electron chi connectivity index (χ3n) is 4.25. The fraction of sp³-hybridized carbons (Fsp3) is 0.533. The highest BCUT2D eigenvalue weighted by molar-refractivity contribution is 6.62. The van der Waals surface area contributed by atoms with Gasteiger partial charge in [0.25, 0.3) is 0 Å². The molecule has 1 aromatic carbocycles. The van der Waals surface area contributed by atoms with E-state index in [0.29, 0.717) is 6.54 Å². The monoisotopic (exact) mass is 291 g/mol. The average molecular weight is 291 g/mol. The van der Waals surface area contributed by atoms with Crippen LogP contribution in [0.2, 0.25) is 0 Å². The minimum atomic E-state index is -0.940. The van der Waals surface area contributed by atoms with Crippen LogP contribution in [0, 0.1) is 0 Å². The van der Waals surface area contributed by atoms with Crippen molar-refractivity contribution in [3.05, 3.63) is 29.8 Å². The molecule has 1 N–H and O–H groups in total. The summed E-state index contributed by atoms with van der Waals surface area (Å²) in [6.45, 7) is 8.43. The standard InChI is InChI=1S/C15H22BNO4/c1-14(2)15(3,4)21-16(20-14)12-8-6-11(7-9-12)10-17(5)13(18)19/h6-9H,10H2,1-5H3,(H,18,19). The van der Waals surface area contributed by atoms with Gasteiger partial charge in [-0.1, -0.05) is 24.3 Å². The first-order valence-corrected chi connectivity index (χ1v) is 7.01. The van der Waals surface area contributed by atoms with E-state index in [0.717, 1.165) is 11.0 Å². The van der Waals surface area contributed by atoms with E-state index in [4.69, 9.17) is 14.4 Å². The molecule has 1 aromatic rings. The van der Waals surface area contributed by atoms with Crippen molar-refractivity contribution in [3.8, 4) is 0 Å². The van der Waals surface area contributed by atoms with E-state index in [2.05, 4.69) is 0 Å². The van der Waals surface area contributed by atoms with Crippen LogP contribution >= 0.6 is 0 Å². The second kappa shape index (κ2) is 5.35. The fourth-order valence-corrected chi connectivity index (χ4v) is 2.10. The zero-order valence-electron chi connectivity index (χ0n) is 13.2. The summed E-state index contributed by atoms with van der Waals surface area (Å²) in [5.41, 5.74) is 1.15. The number of rotatable bonds is 3. The predicted molar refractivity (Wildman–Crippen MR) is 81.6 cm³/mol. The Hall–Kier alpha value is -1.53. The normalized spacial score (nSPS) is 19.6. The molecule has 0 atom stereocenters. The van der Waals surface area contributed by atoms with Crippen molar-refractivity contribution < 1.29 is 19.2 Å². The van der Waals surface area contributed by atoms with Gasteiger partial charge < -0.3 is 19.3 Å². The quantitative estimate of drug-likeness (QED) is 0.866. The molecule has 2 rings (SSSR count). The summed E-state index contributed by atoms with van der Waals surface area (Å²) in [6, 6.07) is 7.65. The Kier molecular flexibility index (Phi) is 4.04. The van der Waals surface area contributed by atoms with Gasteiger partial charge >= 0.3 is 13.2 Å². The molecule has 1 heterocycles. The Bertz CT molecular complexity index is 511. The van der Waals surface area contributed by atoms with Crippen LogP contribution in [0.5, 0.6) is 0 Å². The maximum Gasteiger partial charge on any atom is 0.494 e. The molecule has 0 bridgehead atoms. The van der Waals surface area contributed by atoms with E-state index in [1.807, 2.05) is 52.0 Å². The van der Waals surface area contributed by atoms with Gasteiger partial charge in [-0.3, -0.25) is 0 Å². The number of benzene rings is 1. The highest BCUT2D eigenvalue weighted by atomic mass is 16.7. The van der Waals surface area contributed by atoms with Crippen molar-refractivity contribution in [2.24, 2.45) is 0 Å². The maximum absolute atomic E-state index is 10.8. The predicted octanol–water partition coefficient (Wildman–Crippen LogP) is 2.10. The Morgan fingerprint density at radius 1 is 1.14 bits per heavy atom. The smallest absolute Gasteiger partial charge is 0.465 e. The molecule has 0 spiro atoms. The van der Waals surface area contributed by atoms with E-state index in [1.54, 1.807) is 7.05 Å². The van der Waals surface area contributed by atoms with E-state index in [9.17, 15) is 4.79 Å². The van der Waals surface area contributed by atoms with Crippen LogP contribution in [0.4, 0.5) is 4.79 Å². The van der Waals surface area contributed by atoms with E-state index < -0.39 is 6.09 Å². The van der Waals surface area contributed by atoms with Crippen LogP contribution in [-0.4, -0.2) is 41.5 Å². The molecule has 1 saturated heterocycles. The number of carbonyl (C=O) groups is 1. The largest absolute Gasteiger partial charge is 0.494 e. The second-order valence-corrected chi connectivity index (χ2v) is 6.47. The lowest BCUT2D eigenvalue weighted by Gasteiger charge is -2.32. The molecule has 0 unspecified atom stereocenters. The molecule has 1 aliphatic rings. The van der Waals surface area contributed by atoms with Gasteiger partial charge in [-0.15, -0.1) is 0 Å². The zero-order chi connectivity index (χ0) is 15.8. The Morgan fingerprint density at radius 2 is 1.62 bits per heavy atom. The number of hydrogen-bond acceptors (Lipinski definition) is 3. The molecule has 1 amide bonds. The second-order valence-electron chi connectivity index (χ2n) is 6.47. The molecule has 5 nitrogen and oxygen atoms in total. The molecule has 0 aromatic heterocycles. The topological polar surface area (TPSA) is 59.0 Å². The number of nitrogens with zero attached hydrogens (tertiary/aromatic N) is 1. The molecule has 6 heteroatoms. The van der Waals surface area contributed by atoms with Crippen molar-refractivity contribution in [2.75, 3.05) is 7.05 Å². The maximum atomic E-state index is 10.8. The SMILES string of the molecule is CN(Cc1ccc(B2OC(C)(C)C(C)(C)O2)cc1)C(=O)O. The number of hydrogen-bond donors (Lipinski definition) is 1. The Labute approximate surface area is 126 Å². The summed E-state index contributed by atoms with van der Waals surface area (Å²) >= 11 is 0. The van der Waals surface area contributed by atoms with Gasteiger partial charge in [0.1, 0.15) is 0 Å². The van der Waals surface area contributed by atoms with Crippen molar-refractivity contribution in [1.82, 2.24) is 4.90 Å². The highest BCUT2D eigenvalue weighted by Gasteiger charge is 2.51. The summed E-state index contributed by atoms with van der Waals surface area (Å²) < 4.78 is 12.0. The van der Waals surface area contributed by atoms with Crippen molar-refractivity contribution >= 4 is 18.7 Å². The number of amides is 1. The lowest BCUT2D eigenvalue weighted by molar-refractivity contribution is 0.00578. The van der Waals surface area contributed by atoms with E-state index >= 15 is 0 Å². The molecule has 114 valence electrons. The molecule has 0 aliphatic carbocycles. The van der Waals surface area contributed by atoms with E-state index in [1.165, 1.54) is 4.90 Å². The minimum Gasteiger partial charge on any atom is -0.465 e. The summed E-state index contributed by atoms with van der Waals surface area (Å²) in [5, 5.41) is 8.87. The first kappa shape index (κ1) is 15.9. The van der Waals surface area contributed by atoms with Crippen LogP contribution in [0.15, 0.2) is 24.3 Å². The minimum absolute atomic E-state index is 0.360. The van der Waals surface area contributed by atoms with Crippen molar-refractivity contribution in [1.29, 1.82) is 0 Å². The van der Waals surface area contributed by atoms with Crippen molar-refractivity contribution in [2.45, 2.75) is 45.4 Å². The first-order chi connectivity index (χ1) is 9.62. The summed E-state index contributed by atoms with van der Waals surface area (Å²) in [6.07, 6.45) is -0.940. The van der Waals surface area contributed by atoms with Gasteiger partial charge in [-0.2, -0.15) is 0 Å². The van der Waals surface area contributed by atoms with Crippen molar-refractivity contribution in [3.63, 3.8) is 0 Å². The third-order valence-corrected chi connectivity index (χ3v) is 4.25. The molecule has 0 saturated carbocycles. The molecule has 1 fully saturated rings. The van der Waals surface area contributed by atoms with Gasteiger partial charge in [0.15, 0.2) is 0 Å². The van der Waals surface area contributed by atoms with Crippen LogP contribution in [0.1, 0.15) is 33.3 Å². The average Bonchev–Trinajstić information content (AvgIpc) is 2.59. The number of carboxylic acid groups (broad SMARTS) is 1. The van der Waals surface area contributed by atoms with Gasteiger partial charge in [0.2, 0.25) is 0 Å². The van der Waals surface area contributed by atoms with Crippen LogP contribution in [-0.2, 0) is 15.9 Å². The van der Waals surface area contributed by atoms with Crippen LogP contribution in [0.3, 0.4) is 0 Å². The highest BCUT2D eigenvalue weighted by Crippen LogP contribution is 2.36. The lowest BCUT2D eigenvalue weighted by atomic mass is 9.79. The van der Waals surface area contributed by atoms with Gasteiger partial charge in [0, 0.05) is 13.6 Å². The Morgan fingerprint density at radius 3 is 2.05 bits per heavy atom. The van der Waals surface area contributed by atoms with Crippen LogP contribution < -0.4 is 5.46 Å². The van der Waals surface area contributed by atoms with Gasteiger partial charge in [-0.25, -0.2) is 4.79 Å². The van der Waals surface area contributed by atoms with E-state index in [-0.39, 0.29) is 18.3 Å². The zero-order valence-corrected chi connectivity index (χ0v) is 13.2. The first-order valence-electron chi connectivity index (χ1n) is 7.01. The summed E-state index contributed by atoms with van der Waals surface area (Å²) in [7, 11) is 1.16. The van der Waals surface area contributed by atoms with Crippen LogP contribution in [0.25, 0.3) is 0 Å². The van der Waals surface area contributed by atoms with Gasteiger partial charge in [-0.05, 0) is 38.7 Å². The molecule has 0 radical (unpaired) electrons. The fourth-order valence-electron chi connectivity index (χ4n) is 2.10. The summed E-state index contributed by atoms with van der Waals surface area (Å²) in [5.74, 6) is 0.